The van der Waals surface area contributed by atoms with Gasteiger partial charge in [0.1, 0.15) is 0 Å². The Balaban J connectivity index is 1.25. The number of hydrogen-bond acceptors (Lipinski definition) is 5. The van der Waals surface area contributed by atoms with Crippen LogP contribution in [0.4, 0.5) is 10.5 Å². The van der Waals surface area contributed by atoms with E-state index in [0.717, 1.165) is 41.7 Å². The van der Waals surface area contributed by atoms with E-state index < -0.39 is 0 Å². The molecule has 0 atom stereocenters. The molecule has 1 aromatic heterocycles. The number of amides is 2. The number of anilines is 1. The van der Waals surface area contributed by atoms with Crippen LogP contribution in [0, 0.1) is 11.3 Å². The first-order valence-corrected chi connectivity index (χ1v) is 11.6. The van der Waals surface area contributed by atoms with Crippen LogP contribution >= 0.6 is 11.8 Å². The molecule has 0 radical (unpaired) electrons. The molecule has 0 bridgehead atoms. The van der Waals surface area contributed by atoms with Crippen LogP contribution in [0.25, 0.3) is 0 Å². The fraction of sp³-hybridized carbons (Fsp3) is 0.240. The second-order valence-corrected chi connectivity index (χ2v) is 8.65. The van der Waals surface area contributed by atoms with Crippen molar-refractivity contribution < 1.29 is 4.79 Å². The third kappa shape index (κ3) is 6.10. The molecule has 0 unspecified atom stereocenters. The maximum atomic E-state index is 12.7. The monoisotopic (exact) mass is 443 g/mol. The zero-order chi connectivity index (χ0) is 22.2. The van der Waals surface area contributed by atoms with Crippen molar-refractivity contribution in [2.75, 3.05) is 31.5 Å². The van der Waals surface area contributed by atoms with E-state index in [9.17, 15) is 4.79 Å². The lowest BCUT2D eigenvalue weighted by Crippen LogP contribution is -2.49. The van der Waals surface area contributed by atoms with Gasteiger partial charge in [-0.3, -0.25) is 4.90 Å². The van der Waals surface area contributed by atoms with Gasteiger partial charge in [0.2, 0.25) is 0 Å². The first kappa shape index (κ1) is 21.9. The highest BCUT2D eigenvalue weighted by Gasteiger charge is 2.21. The normalized spacial score (nSPS) is 14.0. The Hall–Kier alpha value is -3.34. The molecular weight excluding hydrogens is 418 g/mol. The summed E-state index contributed by atoms with van der Waals surface area (Å²) in [6.07, 6.45) is 1.79. The van der Waals surface area contributed by atoms with Gasteiger partial charge in [-0.05, 0) is 47.5 Å². The summed E-state index contributed by atoms with van der Waals surface area (Å²) in [4.78, 5) is 21.3. The highest BCUT2D eigenvalue weighted by Crippen LogP contribution is 2.22. The Morgan fingerprint density at radius 3 is 2.53 bits per heavy atom. The lowest BCUT2D eigenvalue weighted by molar-refractivity contribution is 0.143. The summed E-state index contributed by atoms with van der Waals surface area (Å²) in [7, 11) is 0. The number of carbonyl (C=O) groups excluding carboxylic acids is 1. The number of nitrogens with zero attached hydrogens (tertiary/aromatic N) is 4. The van der Waals surface area contributed by atoms with Gasteiger partial charge >= 0.3 is 6.03 Å². The molecule has 2 aromatic carbocycles. The number of piperazine rings is 1. The Kier molecular flexibility index (Phi) is 7.38. The van der Waals surface area contributed by atoms with Gasteiger partial charge in [0.25, 0.3) is 0 Å². The number of nitriles is 1. The quantitative estimate of drug-likeness (QED) is 0.564. The van der Waals surface area contributed by atoms with Crippen LogP contribution in [0.1, 0.15) is 16.7 Å². The molecule has 7 heteroatoms. The largest absolute Gasteiger partial charge is 0.322 e. The molecule has 0 spiro atoms. The molecule has 2 heterocycles. The molecule has 0 saturated carbocycles. The first-order chi connectivity index (χ1) is 15.7. The molecule has 32 heavy (non-hydrogen) atoms. The number of aromatic nitrogens is 1. The van der Waals surface area contributed by atoms with E-state index in [0.29, 0.717) is 18.7 Å². The summed E-state index contributed by atoms with van der Waals surface area (Å²) in [6.45, 7) is 3.87. The van der Waals surface area contributed by atoms with Gasteiger partial charge in [0, 0.05) is 50.4 Å². The zero-order valence-corrected chi connectivity index (χ0v) is 18.6. The molecular formula is C25H25N5OS. The number of nitrogens with one attached hydrogen (secondary N) is 1. The van der Waals surface area contributed by atoms with Gasteiger partial charge in [-0.2, -0.15) is 5.26 Å². The molecule has 6 nitrogen and oxygen atoms in total. The lowest BCUT2D eigenvalue weighted by Gasteiger charge is -2.34. The van der Waals surface area contributed by atoms with Crippen LogP contribution < -0.4 is 5.32 Å². The molecule has 1 saturated heterocycles. The number of rotatable bonds is 6. The maximum absolute atomic E-state index is 12.7. The van der Waals surface area contributed by atoms with Crippen LogP contribution in [-0.4, -0.2) is 47.0 Å². The topological polar surface area (TPSA) is 72.3 Å². The van der Waals surface area contributed by atoms with Crippen molar-refractivity contribution in [2.45, 2.75) is 17.3 Å². The van der Waals surface area contributed by atoms with Crippen molar-refractivity contribution in [1.29, 1.82) is 5.26 Å². The number of benzene rings is 2. The van der Waals surface area contributed by atoms with Crippen LogP contribution in [0.3, 0.4) is 0 Å². The fourth-order valence-electron chi connectivity index (χ4n) is 3.58. The molecule has 162 valence electrons. The van der Waals surface area contributed by atoms with Crippen LogP contribution in [0.5, 0.6) is 0 Å². The first-order valence-electron chi connectivity index (χ1n) is 10.6. The Labute approximate surface area is 192 Å². The second-order valence-electron chi connectivity index (χ2n) is 7.66. The number of pyridine rings is 1. The predicted octanol–water partition coefficient (Wildman–Crippen LogP) is 4.60. The molecule has 1 aliphatic heterocycles. The van der Waals surface area contributed by atoms with Gasteiger partial charge in [-0.1, -0.05) is 30.3 Å². The average Bonchev–Trinajstić information content (AvgIpc) is 2.84. The van der Waals surface area contributed by atoms with Gasteiger partial charge in [-0.25, -0.2) is 9.78 Å². The number of thioether (sulfide) groups is 1. The minimum absolute atomic E-state index is 0.0578. The van der Waals surface area contributed by atoms with E-state index in [1.807, 2.05) is 65.6 Å². The Morgan fingerprint density at radius 2 is 1.81 bits per heavy atom. The average molecular weight is 444 g/mol. The number of carbonyl (C=O) groups is 1. The van der Waals surface area contributed by atoms with Crippen molar-refractivity contribution in [3.63, 3.8) is 0 Å². The second kappa shape index (κ2) is 10.8. The van der Waals surface area contributed by atoms with E-state index in [-0.39, 0.29) is 6.03 Å². The molecule has 2 amide bonds. The SMILES string of the molecule is N#Cc1ccc(CN2CCN(C(=O)Nc3cccc(CSc4ccccn4)c3)CC2)cc1. The van der Waals surface area contributed by atoms with Crippen LogP contribution in [0.15, 0.2) is 78.0 Å². The lowest BCUT2D eigenvalue weighted by atomic mass is 10.1. The van der Waals surface area contributed by atoms with Crippen molar-refractivity contribution >= 4 is 23.5 Å². The highest BCUT2D eigenvalue weighted by atomic mass is 32.2. The maximum Gasteiger partial charge on any atom is 0.321 e. The summed E-state index contributed by atoms with van der Waals surface area (Å²) < 4.78 is 0. The molecule has 1 N–H and O–H groups in total. The summed E-state index contributed by atoms with van der Waals surface area (Å²) in [5.41, 5.74) is 3.82. The molecule has 4 rings (SSSR count). The van der Waals surface area contributed by atoms with Crippen LogP contribution in [-0.2, 0) is 12.3 Å². The molecule has 1 aliphatic rings. The van der Waals surface area contributed by atoms with Gasteiger partial charge < -0.3 is 10.2 Å². The summed E-state index contributed by atoms with van der Waals surface area (Å²) in [5.74, 6) is 0.800. The molecule has 1 fully saturated rings. The smallest absolute Gasteiger partial charge is 0.321 e. The molecule has 3 aromatic rings. The Morgan fingerprint density at radius 1 is 1.00 bits per heavy atom. The van der Waals surface area contributed by atoms with Gasteiger partial charge in [0.05, 0.1) is 16.7 Å². The zero-order valence-electron chi connectivity index (χ0n) is 17.8. The standard InChI is InChI=1S/C25H25N5OS/c26-17-20-7-9-21(10-8-20)18-29-12-14-30(15-13-29)25(31)28-23-5-3-4-22(16-23)19-32-24-6-1-2-11-27-24/h1-11,16H,12-15,18-19H2,(H,28,31). The van der Waals surface area contributed by atoms with E-state index in [2.05, 4.69) is 27.3 Å². The highest BCUT2D eigenvalue weighted by molar-refractivity contribution is 7.98. The third-order valence-electron chi connectivity index (χ3n) is 5.35. The minimum Gasteiger partial charge on any atom is -0.322 e. The van der Waals surface area contributed by atoms with E-state index in [1.54, 1.807) is 18.0 Å². The summed E-state index contributed by atoms with van der Waals surface area (Å²) >= 11 is 1.68. The van der Waals surface area contributed by atoms with E-state index in [4.69, 9.17) is 5.26 Å². The Bertz CT molecular complexity index is 1070. The molecule has 0 aliphatic carbocycles. The number of urea groups is 1. The van der Waals surface area contributed by atoms with Crippen molar-refractivity contribution in [3.8, 4) is 6.07 Å². The van der Waals surface area contributed by atoms with Crippen LogP contribution in [0.2, 0.25) is 0 Å². The fourth-order valence-corrected chi connectivity index (χ4v) is 4.39. The van der Waals surface area contributed by atoms with Gasteiger partial charge in [0.15, 0.2) is 0 Å². The van der Waals surface area contributed by atoms with Crippen molar-refractivity contribution in [1.82, 2.24) is 14.8 Å². The van der Waals surface area contributed by atoms with Gasteiger partial charge in [-0.15, -0.1) is 11.8 Å². The van der Waals surface area contributed by atoms with E-state index in [1.165, 1.54) is 5.56 Å². The summed E-state index contributed by atoms with van der Waals surface area (Å²) in [6, 6.07) is 23.7. The predicted molar refractivity (Wildman–Crippen MR) is 127 cm³/mol. The van der Waals surface area contributed by atoms with Crippen molar-refractivity contribution in [3.05, 3.63) is 89.6 Å². The third-order valence-corrected chi connectivity index (χ3v) is 6.37. The minimum atomic E-state index is -0.0578. The number of hydrogen-bond donors (Lipinski definition) is 1. The van der Waals surface area contributed by atoms with E-state index >= 15 is 0 Å². The summed E-state index contributed by atoms with van der Waals surface area (Å²) in [5, 5.41) is 12.9. The van der Waals surface area contributed by atoms with Crippen molar-refractivity contribution in [2.24, 2.45) is 0 Å².